The van der Waals surface area contributed by atoms with Crippen LogP contribution in [0.5, 0.6) is 5.75 Å². The number of methoxy groups -OCH3 is 1. The first kappa shape index (κ1) is 15.0. The fourth-order valence-electron chi connectivity index (χ4n) is 2.09. The molecule has 2 aromatic rings. The number of aryl methyl sites for hydroxylation is 1. The molecule has 0 fully saturated rings. The average Bonchev–Trinajstić information content (AvgIpc) is 2.96. The van der Waals surface area contributed by atoms with Crippen LogP contribution in [-0.4, -0.2) is 25.4 Å². The van der Waals surface area contributed by atoms with E-state index in [9.17, 15) is 5.11 Å². The number of rotatable bonds is 7. The molecular formula is C16H20O3S. The van der Waals surface area contributed by atoms with Crippen molar-refractivity contribution in [3.8, 4) is 5.75 Å². The molecule has 0 amide bonds. The number of para-hydroxylation sites is 1. The maximum Gasteiger partial charge on any atom is 0.125 e. The highest BCUT2D eigenvalue weighted by Gasteiger charge is 2.19. The van der Waals surface area contributed by atoms with Crippen LogP contribution in [0.4, 0.5) is 0 Å². The molecular weight excluding hydrogens is 272 g/mol. The molecule has 1 N–H and O–H groups in total. The normalized spacial score (nSPS) is 12.3. The lowest BCUT2D eigenvalue weighted by atomic mass is 10.0. The summed E-state index contributed by atoms with van der Waals surface area (Å²) in [5.41, 5.74) is 2.00. The van der Waals surface area contributed by atoms with E-state index in [1.54, 1.807) is 18.4 Å². The zero-order chi connectivity index (χ0) is 14.4. The van der Waals surface area contributed by atoms with Gasteiger partial charge >= 0.3 is 0 Å². The van der Waals surface area contributed by atoms with Crippen molar-refractivity contribution < 1.29 is 14.6 Å². The van der Waals surface area contributed by atoms with Gasteiger partial charge in [0.25, 0.3) is 0 Å². The summed E-state index contributed by atoms with van der Waals surface area (Å²) >= 11 is 1.58. The van der Waals surface area contributed by atoms with Crippen LogP contribution in [0.1, 0.15) is 29.0 Å². The van der Waals surface area contributed by atoms with Gasteiger partial charge in [-0.05, 0) is 29.5 Å². The van der Waals surface area contributed by atoms with Crippen LogP contribution >= 0.6 is 11.3 Å². The first-order chi connectivity index (χ1) is 9.77. The second kappa shape index (κ2) is 7.43. The summed E-state index contributed by atoms with van der Waals surface area (Å²) in [6.45, 7) is 3.11. The third kappa shape index (κ3) is 3.39. The Balaban J connectivity index is 2.23. The number of aliphatic hydroxyl groups is 1. The molecule has 0 bridgehead atoms. The Morgan fingerprint density at radius 3 is 2.75 bits per heavy atom. The minimum absolute atomic E-state index is 0.477. The van der Waals surface area contributed by atoms with Crippen molar-refractivity contribution in [2.24, 2.45) is 0 Å². The van der Waals surface area contributed by atoms with Gasteiger partial charge in [-0.1, -0.05) is 25.1 Å². The Morgan fingerprint density at radius 1 is 1.20 bits per heavy atom. The molecule has 20 heavy (non-hydrogen) atoms. The molecule has 108 valence electrons. The molecule has 1 atom stereocenters. The Labute approximate surface area is 123 Å². The molecule has 1 unspecified atom stereocenters. The number of hydrogen-bond donors (Lipinski definition) is 1. The quantitative estimate of drug-likeness (QED) is 0.795. The summed E-state index contributed by atoms with van der Waals surface area (Å²) in [7, 11) is 1.64. The number of hydrogen-bond acceptors (Lipinski definition) is 4. The Bertz CT molecular complexity index is 536. The first-order valence-corrected chi connectivity index (χ1v) is 7.60. The Kier molecular flexibility index (Phi) is 5.59. The molecule has 0 aliphatic carbocycles. The molecule has 0 saturated carbocycles. The van der Waals surface area contributed by atoms with Gasteiger partial charge in [-0.25, -0.2) is 0 Å². The van der Waals surface area contributed by atoms with E-state index in [0.29, 0.717) is 19.0 Å². The zero-order valence-electron chi connectivity index (χ0n) is 11.8. The summed E-state index contributed by atoms with van der Waals surface area (Å²) < 4.78 is 10.7. The number of aliphatic hydroxyl groups excluding tert-OH is 1. The van der Waals surface area contributed by atoms with E-state index in [1.807, 2.05) is 29.6 Å². The average molecular weight is 292 g/mol. The Hall–Kier alpha value is -1.36. The van der Waals surface area contributed by atoms with Gasteiger partial charge in [0.05, 0.1) is 6.61 Å². The fraction of sp³-hybridized carbons (Fsp3) is 0.375. The maximum atomic E-state index is 10.6. The van der Waals surface area contributed by atoms with Gasteiger partial charge in [0, 0.05) is 17.6 Å². The lowest BCUT2D eigenvalue weighted by molar-refractivity contribution is 0.142. The van der Waals surface area contributed by atoms with Crippen LogP contribution in [0.2, 0.25) is 0 Å². The van der Waals surface area contributed by atoms with Gasteiger partial charge in [0.15, 0.2) is 0 Å². The first-order valence-electron chi connectivity index (χ1n) is 6.73. The molecule has 4 heteroatoms. The smallest absolute Gasteiger partial charge is 0.125 e. The van der Waals surface area contributed by atoms with Crippen molar-refractivity contribution in [3.05, 3.63) is 51.7 Å². The van der Waals surface area contributed by atoms with Crippen molar-refractivity contribution in [2.45, 2.75) is 19.4 Å². The third-order valence-corrected chi connectivity index (χ3v) is 4.18. The van der Waals surface area contributed by atoms with Crippen molar-refractivity contribution in [2.75, 3.05) is 20.3 Å². The molecule has 0 aliphatic rings. The number of thiophene rings is 1. The summed E-state index contributed by atoms with van der Waals surface area (Å²) in [6.07, 6.45) is 0.284. The van der Waals surface area contributed by atoms with Crippen LogP contribution in [0.3, 0.4) is 0 Å². The molecule has 1 aromatic heterocycles. The van der Waals surface area contributed by atoms with Crippen LogP contribution < -0.4 is 4.74 Å². The van der Waals surface area contributed by atoms with E-state index < -0.39 is 6.10 Å². The van der Waals surface area contributed by atoms with Gasteiger partial charge in [0.2, 0.25) is 0 Å². The number of ether oxygens (including phenoxy) is 2. The van der Waals surface area contributed by atoms with Gasteiger partial charge in [-0.15, -0.1) is 11.3 Å². The topological polar surface area (TPSA) is 38.7 Å². The third-order valence-electron chi connectivity index (χ3n) is 3.17. The fourth-order valence-corrected chi connectivity index (χ4v) is 3.09. The van der Waals surface area contributed by atoms with E-state index in [1.165, 1.54) is 5.56 Å². The predicted molar refractivity (Wildman–Crippen MR) is 81.6 cm³/mol. The highest BCUT2D eigenvalue weighted by molar-refractivity contribution is 7.10. The van der Waals surface area contributed by atoms with Gasteiger partial charge < -0.3 is 14.6 Å². The minimum atomic E-state index is -0.635. The minimum Gasteiger partial charge on any atom is -0.491 e. The molecule has 0 aliphatic heterocycles. The molecule has 0 radical (unpaired) electrons. The van der Waals surface area contributed by atoms with E-state index in [2.05, 4.69) is 13.0 Å². The SMILES string of the molecule is CCc1ccsc1C(O)c1ccccc1OCCOC. The van der Waals surface area contributed by atoms with Crippen LogP contribution in [-0.2, 0) is 11.2 Å². The van der Waals surface area contributed by atoms with Crippen LogP contribution in [0.15, 0.2) is 35.7 Å². The maximum absolute atomic E-state index is 10.6. The molecule has 1 aromatic carbocycles. The highest BCUT2D eigenvalue weighted by Crippen LogP contribution is 2.34. The van der Waals surface area contributed by atoms with E-state index >= 15 is 0 Å². The second-order valence-electron chi connectivity index (χ2n) is 4.45. The Morgan fingerprint density at radius 2 is 2.00 bits per heavy atom. The standard InChI is InChI=1S/C16H20O3S/c1-3-12-8-11-20-16(12)15(17)13-6-4-5-7-14(13)19-10-9-18-2/h4-8,11,15,17H,3,9-10H2,1-2H3. The van der Waals surface area contributed by atoms with Crippen molar-refractivity contribution in [3.63, 3.8) is 0 Å². The van der Waals surface area contributed by atoms with Crippen LogP contribution in [0, 0.1) is 0 Å². The summed E-state index contributed by atoms with van der Waals surface area (Å²) in [6, 6.07) is 9.69. The molecule has 1 heterocycles. The van der Waals surface area contributed by atoms with E-state index in [-0.39, 0.29) is 0 Å². The lowest BCUT2D eigenvalue weighted by Crippen LogP contribution is -2.08. The monoisotopic (exact) mass is 292 g/mol. The summed E-state index contributed by atoms with van der Waals surface area (Å²) in [4.78, 5) is 0.996. The molecule has 3 nitrogen and oxygen atoms in total. The van der Waals surface area contributed by atoms with Gasteiger partial charge in [-0.2, -0.15) is 0 Å². The van der Waals surface area contributed by atoms with Crippen molar-refractivity contribution in [1.82, 2.24) is 0 Å². The predicted octanol–water partition coefficient (Wildman–Crippen LogP) is 3.42. The second-order valence-corrected chi connectivity index (χ2v) is 5.39. The summed E-state index contributed by atoms with van der Waals surface area (Å²) in [5, 5.41) is 12.6. The lowest BCUT2D eigenvalue weighted by Gasteiger charge is -2.16. The van der Waals surface area contributed by atoms with E-state index in [0.717, 1.165) is 16.9 Å². The van der Waals surface area contributed by atoms with Crippen molar-refractivity contribution in [1.29, 1.82) is 0 Å². The van der Waals surface area contributed by atoms with Crippen molar-refractivity contribution >= 4 is 11.3 Å². The van der Waals surface area contributed by atoms with Gasteiger partial charge in [-0.3, -0.25) is 0 Å². The summed E-state index contributed by atoms with van der Waals surface area (Å²) in [5.74, 6) is 0.715. The molecule has 0 spiro atoms. The number of benzene rings is 1. The molecule has 2 rings (SSSR count). The molecule has 0 saturated heterocycles. The van der Waals surface area contributed by atoms with Gasteiger partial charge in [0.1, 0.15) is 18.5 Å². The van der Waals surface area contributed by atoms with E-state index in [4.69, 9.17) is 9.47 Å². The largest absolute Gasteiger partial charge is 0.491 e. The zero-order valence-corrected chi connectivity index (χ0v) is 12.7. The van der Waals surface area contributed by atoms with Crippen LogP contribution in [0.25, 0.3) is 0 Å². The highest BCUT2D eigenvalue weighted by atomic mass is 32.1.